The molecule has 0 unspecified atom stereocenters. The topological polar surface area (TPSA) is 68.0 Å². The molecule has 1 aromatic heterocycles. The molecule has 4 nitrogen and oxygen atoms in total. The second kappa shape index (κ2) is 4.50. The van der Waals surface area contributed by atoms with Crippen LogP contribution in [0.4, 0.5) is 14.5 Å². The van der Waals surface area contributed by atoms with Gasteiger partial charge in [0.15, 0.2) is 5.13 Å². The zero-order valence-electron chi connectivity index (χ0n) is 9.03. The molecule has 2 aromatic rings. The fraction of sp³-hybridized carbons (Fsp3) is 0.0909. The molecule has 0 fully saturated rings. The predicted octanol–water partition coefficient (Wildman–Crippen LogP) is 2.49. The Kier molecular flexibility index (Phi) is 3.06. The first-order chi connectivity index (χ1) is 8.06. The molecule has 3 N–H and O–H groups in total. The van der Waals surface area contributed by atoms with Crippen molar-refractivity contribution in [1.29, 1.82) is 0 Å². The normalized spacial score (nSPS) is 10.2. The van der Waals surface area contributed by atoms with Crippen molar-refractivity contribution in [2.45, 2.75) is 6.92 Å². The molecular formula is C11H10FN3OS. The van der Waals surface area contributed by atoms with Crippen LogP contribution in [0.25, 0.3) is 11.3 Å². The summed E-state index contributed by atoms with van der Waals surface area (Å²) in [4.78, 5) is 15.1. The average Bonchev–Trinajstić information content (AvgIpc) is 2.59. The van der Waals surface area contributed by atoms with Gasteiger partial charge in [-0.2, -0.15) is 0 Å². The number of anilines is 2. The number of aromatic nitrogens is 1. The van der Waals surface area contributed by atoms with Gasteiger partial charge in [0, 0.05) is 12.5 Å². The van der Waals surface area contributed by atoms with E-state index in [0.717, 1.165) is 5.56 Å². The van der Waals surface area contributed by atoms with Gasteiger partial charge in [-0.25, -0.2) is 9.37 Å². The van der Waals surface area contributed by atoms with Crippen LogP contribution < -0.4 is 11.1 Å². The third kappa shape index (κ3) is 2.59. The standard InChI is InChI=1S/C11H10FN3OS/c1-6(16)14-11-15-9(10(13)17-11)7-2-4-8(12)5-3-7/h2-5H,13H2,1H3,(H,14,15,16). The smallest absolute Gasteiger partial charge is 0.223 e. The number of hydrogen-bond donors (Lipinski definition) is 2. The van der Waals surface area contributed by atoms with E-state index in [0.29, 0.717) is 15.8 Å². The molecule has 88 valence electrons. The summed E-state index contributed by atoms with van der Waals surface area (Å²) in [5.74, 6) is -0.519. The molecule has 0 aliphatic rings. The highest BCUT2D eigenvalue weighted by Gasteiger charge is 2.11. The Labute approximate surface area is 101 Å². The van der Waals surface area contributed by atoms with Gasteiger partial charge in [0.2, 0.25) is 5.91 Å². The van der Waals surface area contributed by atoms with E-state index in [1.807, 2.05) is 0 Å². The number of carbonyl (C=O) groups excluding carboxylic acids is 1. The SMILES string of the molecule is CC(=O)Nc1nc(-c2ccc(F)cc2)c(N)s1. The lowest BCUT2D eigenvalue weighted by Gasteiger charge is -1.97. The Balaban J connectivity index is 2.35. The molecule has 1 amide bonds. The lowest BCUT2D eigenvalue weighted by molar-refractivity contribution is -0.114. The maximum absolute atomic E-state index is 12.8. The van der Waals surface area contributed by atoms with Crippen molar-refractivity contribution in [3.05, 3.63) is 30.1 Å². The van der Waals surface area contributed by atoms with Gasteiger partial charge in [-0.3, -0.25) is 4.79 Å². The summed E-state index contributed by atoms with van der Waals surface area (Å²) >= 11 is 1.18. The van der Waals surface area contributed by atoms with Gasteiger partial charge in [0.25, 0.3) is 0 Å². The Morgan fingerprint density at radius 2 is 2.06 bits per heavy atom. The monoisotopic (exact) mass is 251 g/mol. The van der Waals surface area contributed by atoms with Crippen LogP contribution in [0.2, 0.25) is 0 Å². The Bertz CT molecular complexity index is 550. The fourth-order valence-corrected chi connectivity index (χ4v) is 2.15. The zero-order chi connectivity index (χ0) is 12.4. The highest BCUT2D eigenvalue weighted by Crippen LogP contribution is 2.33. The molecule has 0 bridgehead atoms. The molecule has 0 saturated carbocycles. The van der Waals surface area contributed by atoms with Crippen LogP contribution in [-0.2, 0) is 4.79 Å². The van der Waals surface area contributed by atoms with E-state index in [2.05, 4.69) is 10.3 Å². The van der Waals surface area contributed by atoms with E-state index in [1.54, 1.807) is 12.1 Å². The predicted molar refractivity (Wildman–Crippen MR) is 66.2 cm³/mol. The van der Waals surface area contributed by atoms with Crippen LogP contribution in [-0.4, -0.2) is 10.9 Å². The summed E-state index contributed by atoms with van der Waals surface area (Å²) in [5.41, 5.74) is 7.07. The fourth-order valence-electron chi connectivity index (χ4n) is 1.35. The zero-order valence-corrected chi connectivity index (χ0v) is 9.84. The molecule has 0 aliphatic heterocycles. The number of benzene rings is 1. The average molecular weight is 251 g/mol. The molecule has 0 aliphatic carbocycles. The Hall–Kier alpha value is -1.95. The van der Waals surface area contributed by atoms with Crippen molar-refractivity contribution in [3.8, 4) is 11.3 Å². The number of nitrogen functional groups attached to an aromatic ring is 1. The minimum Gasteiger partial charge on any atom is -0.389 e. The van der Waals surface area contributed by atoms with Crippen LogP contribution in [0.3, 0.4) is 0 Å². The number of hydrogen-bond acceptors (Lipinski definition) is 4. The van der Waals surface area contributed by atoms with E-state index < -0.39 is 0 Å². The summed E-state index contributed by atoms with van der Waals surface area (Å²) in [5, 5.41) is 3.49. The number of nitrogens with zero attached hydrogens (tertiary/aromatic N) is 1. The van der Waals surface area contributed by atoms with Crippen molar-refractivity contribution in [3.63, 3.8) is 0 Å². The van der Waals surface area contributed by atoms with E-state index in [-0.39, 0.29) is 11.7 Å². The van der Waals surface area contributed by atoms with Gasteiger partial charge in [-0.1, -0.05) is 11.3 Å². The largest absolute Gasteiger partial charge is 0.389 e. The summed E-state index contributed by atoms with van der Waals surface area (Å²) < 4.78 is 12.8. The minimum absolute atomic E-state index is 0.204. The summed E-state index contributed by atoms with van der Waals surface area (Å²) in [6, 6.07) is 5.87. The maximum atomic E-state index is 12.8. The first kappa shape index (κ1) is 11.5. The second-order valence-corrected chi connectivity index (χ2v) is 4.45. The highest BCUT2D eigenvalue weighted by atomic mass is 32.1. The Morgan fingerprint density at radius 1 is 1.41 bits per heavy atom. The van der Waals surface area contributed by atoms with Gasteiger partial charge < -0.3 is 11.1 Å². The van der Waals surface area contributed by atoms with E-state index >= 15 is 0 Å². The summed E-state index contributed by atoms with van der Waals surface area (Å²) in [6.45, 7) is 1.40. The Morgan fingerprint density at radius 3 is 2.65 bits per heavy atom. The van der Waals surface area contributed by atoms with Crippen molar-refractivity contribution in [2.75, 3.05) is 11.1 Å². The van der Waals surface area contributed by atoms with Crippen LogP contribution in [0.15, 0.2) is 24.3 Å². The van der Waals surface area contributed by atoms with Gasteiger partial charge in [-0.15, -0.1) is 0 Å². The first-order valence-corrected chi connectivity index (χ1v) is 5.68. The molecule has 0 atom stereocenters. The summed E-state index contributed by atoms with van der Waals surface area (Å²) in [6.07, 6.45) is 0. The molecular weight excluding hydrogens is 241 g/mol. The molecule has 1 aromatic carbocycles. The molecule has 0 radical (unpaired) electrons. The van der Waals surface area contributed by atoms with Crippen molar-refractivity contribution in [1.82, 2.24) is 4.98 Å². The first-order valence-electron chi connectivity index (χ1n) is 4.86. The van der Waals surface area contributed by atoms with Crippen molar-refractivity contribution < 1.29 is 9.18 Å². The molecule has 0 spiro atoms. The van der Waals surface area contributed by atoms with Crippen molar-refractivity contribution >= 4 is 27.4 Å². The lowest BCUT2D eigenvalue weighted by Crippen LogP contribution is -2.04. The van der Waals surface area contributed by atoms with Gasteiger partial charge in [0.05, 0.1) is 0 Å². The lowest BCUT2D eigenvalue weighted by atomic mass is 10.1. The molecule has 17 heavy (non-hydrogen) atoms. The molecule has 0 saturated heterocycles. The van der Waals surface area contributed by atoms with Gasteiger partial charge in [-0.05, 0) is 24.3 Å². The second-order valence-electron chi connectivity index (χ2n) is 3.42. The van der Waals surface area contributed by atoms with E-state index in [1.165, 1.54) is 30.4 Å². The van der Waals surface area contributed by atoms with Crippen LogP contribution in [0.1, 0.15) is 6.92 Å². The van der Waals surface area contributed by atoms with Crippen LogP contribution in [0.5, 0.6) is 0 Å². The van der Waals surface area contributed by atoms with Crippen LogP contribution >= 0.6 is 11.3 Å². The number of rotatable bonds is 2. The minimum atomic E-state index is -0.315. The number of nitrogens with one attached hydrogen (secondary N) is 1. The van der Waals surface area contributed by atoms with E-state index in [9.17, 15) is 9.18 Å². The van der Waals surface area contributed by atoms with Gasteiger partial charge in [0.1, 0.15) is 16.5 Å². The number of nitrogens with two attached hydrogens (primary N) is 1. The molecule has 6 heteroatoms. The highest BCUT2D eigenvalue weighted by molar-refractivity contribution is 7.20. The van der Waals surface area contributed by atoms with Gasteiger partial charge >= 0.3 is 0 Å². The van der Waals surface area contributed by atoms with Crippen molar-refractivity contribution in [2.24, 2.45) is 0 Å². The third-order valence-corrected chi connectivity index (χ3v) is 2.85. The van der Waals surface area contributed by atoms with E-state index in [4.69, 9.17) is 5.73 Å². The maximum Gasteiger partial charge on any atom is 0.223 e. The number of amides is 1. The quantitative estimate of drug-likeness (QED) is 0.861. The molecule has 1 heterocycles. The number of carbonyl (C=O) groups is 1. The summed E-state index contributed by atoms with van der Waals surface area (Å²) in [7, 11) is 0. The molecule has 2 rings (SSSR count). The third-order valence-electron chi connectivity index (χ3n) is 2.05. The number of thiazole rings is 1. The number of halogens is 1. The van der Waals surface area contributed by atoms with Crippen LogP contribution in [0, 0.1) is 5.82 Å².